The minimum atomic E-state index is -0.952. The highest BCUT2D eigenvalue weighted by Gasteiger charge is 2.33. The number of piperidine rings is 1. The lowest BCUT2D eigenvalue weighted by Crippen LogP contribution is -2.46. The summed E-state index contributed by atoms with van der Waals surface area (Å²) in [5, 5.41) is 11.6. The van der Waals surface area contributed by atoms with Gasteiger partial charge in [-0.3, -0.25) is 0 Å². The zero-order chi connectivity index (χ0) is 24.9. The Balaban J connectivity index is 1.33. The number of hydrogen-bond donors (Lipinski definition) is 1. The van der Waals surface area contributed by atoms with Crippen LogP contribution in [0, 0.1) is 5.82 Å². The number of ether oxygens (including phenoxy) is 2. The molecule has 184 valence electrons. The number of nitrogens with zero attached hydrogens (tertiary/aromatic N) is 1. The third-order valence-electron chi connectivity index (χ3n) is 6.74. The highest BCUT2D eigenvalue weighted by Crippen LogP contribution is 2.32. The van der Waals surface area contributed by atoms with Crippen LogP contribution in [0.25, 0.3) is 10.8 Å². The summed E-state index contributed by atoms with van der Waals surface area (Å²) in [5.74, 6) is 0.504. The largest absolute Gasteiger partial charge is 0.488 e. The van der Waals surface area contributed by atoms with Gasteiger partial charge in [0.25, 0.3) is 0 Å². The van der Waals surface area contributed by atoms with Crippen LogP contribution in [0.5, 0.6) is 5.75 Å². The molecule has 1 saturated heterocycles. The molecule has 0 saturated carbocycles. The fourth-order valence-electron chi connectivity index (χ4n) is 4.80. The number of likely N-dealkylation sites (tertiary alicyclic amines) is 1. The van der Waals surface area contributed by atoms with E-state index in [9.17, 15) is 14.3 Å². The molecule has 0 spiro atoms. The molecule has 4 aromatic carbocycles. The van der Waals surface area contributed by atoms with Crippen molar-refractivity contribution >= 4 is 16.9 Å². The van der Waals surface area contributed by atoms with Crippen LogP contribution in [0.2, 0.25) is 0 Å². The number of rotatable bonds is 7. The second-order valence-corrected chi connectivity index (χ2v) is 9.11. The first kappa shape index (κ1) is 23.8. The number of carboxylic acid groups (broad SMARTS) is 1. The van der Waals surface area contributed by atoms with Gasteiger partial charge in [0.2, 0.25) is 0 Å². The van der Waals surface area contributed by atoms with Crippen LogP contribution in [0.4, 0.5) is 9.18 Å². The van der Waals surface area contributed by atoms with Gasteiger partial charge in [-0.05, 0) is 52.8 Å². The fraction of sp³-hybridized carbons (Fsp3) is 0.233. The van der Waals surface area contributed by atoms with E-state index in [-0.39, 0.29) is 24.4 Å². The van der Waals surface area contributed by atoms with Gasteiger partial charge in [-0.1, -0.05) is 66.7 Å². The van der Waals surface area contributed by atoms with Crippen molar-refractivity contribution < 1.29 is 23.8 Å². The Morgan fingerprint density at radius 1 is 0.917 bits per heavy atom. The highest BCUT2D eigenvalue weighted by atomic mass is 19.1. The second-order valence-electron chi connectivity index (χ2n) is 9.11. The van der Waals surface area contributed by atoms with E-state index in [0.717, 1.165) is 33.2 Å². The third-order valence-corrected chi connectivity index (χ3v) is 6.74. The van der Waals surface area contributed by atoms with Crippen LogP contribution >= 0.6 is 0 Å². The minimum absolute atomic E-state index is 0.00794. The molecule has 1 N–H and O–H groups in total. The summed E-state index contributed by atoms with van der Waals surface area (Å²) in [7, 11) is 0. The van der Waals surface area contributed by atoms with Gasteiger partial charge in [-0.2, -0.15) is 0 Å². The molecular formula is C30H28FNO4. The molecule has 4 aromatic rings. The van der Waals surface area contributed by atoms with Crippen molar-refractivity contribution in [3.63, 3.8) is 0 Å². The van der Waals surface area contributed by atoms with Crippen molar-refractivity contribution in [3.8, 4) is 5.75 Å². The quantitative estimate of drug-likeness (QED) is 0.320. The summed E-state index contributed by atoms with van der Waals surface area (Å²) < 4.78 is 25.9. The maximum absolute atomic E-state index is 13.5. The molecule has 5 nitrogen and oxygen atoms in total. The Morgan fingerprint density at radius 3 is 2.50 bits per heavy atom. The maximum Gasteiger partial charge on any atom is 0.407 e. The molecule has 1 amide bonds. The van der Waals surface area contributed by atoms with Crippen molar-refractivity contribution in [2.24, 2.45) is 0 Å². The normalized spacial score (nSPS) is 17.8. The molecule has 1 aliphatic heterocycles. The van der Waals surface area contributed by atoms with Gasteiger partial charge < -0.3 is 19.5 Å². The molecule has 2 atom stereocenters. The van der Waals surface area contributed by atoms with Crippen LogP contribution in [-0.4, -0.2) is 35.3 Å². The van der Waals surface area contributed by atoms with Gasteiger partial charge in [0.05, 0.1) is 19.3 Å². The van der Waals surface area contributed by atoms with Gasteiger partial charge >= 0.3 is 6.09 Å². The SMILES string of the molecule is O=C(O)N1CCC(c2ccc(F)cc2)C(OCc2ccc3cccc(OCc4ccccc4)c3c2)C1. The summed E-state index contributed by atoms with van der Waals surface area (Å²) in [6.07, 6.45) is -0.662. The minimum Gasteiger partial charge on any atom is -0.488 e. The van der Waals surface area contributed by atoms with Gasteiger partial charge in [-0.25, -0.2) is 9.18 Å². The van der Waals surface area contributed by atoms with Crippen LogP contribution in [0.15, 0.2) is 91.0 Å². The lowest BCUT2D eigenvalue weighted by atomic mass is 9.87. The fourth-order valence-corrected chi connectivity index (χ4v) is 4.80. The number of amides is 1. The molecule has 2 unspecified atom stereocenters. The summed E-state index contributed by atoms with van der Waals surface area (Å²) in [4.78, 5) is 13.0. The van der Waals surface area contributed by atoms with E-state index in [1.54, 1.807) is 12.1 Å². The van der Waals surface area contributed by atoms with Crippen LogP contribution in [0.3, 0.4) is 0 Å². The van der Waals surface area contributed by atoms with Crippen molar-refractivity contribution in [3.05, 3.63) is 114 Å². The number of hydrogen-bond acceptors (Lipinski definition) is 3. The van der Waals surface area contributed by atoms with E-state index < -0.39 is 6.09 Å². The number of carbonyl (C=O) groups is 1. The second kappa shape index (κ2) is 10.8. The van der Waals surface area contributed by atoms with Gasteiger partial charge in [0.15, 0.2) is 0 Å². The van der Waals surface area contributed by atoms with Gasteiger partial charge in [0, 0.05) is 17.8 Å². The van der Waals surface area contributed by atoms with E-state index in [4.69, 9.17) is 9.47 Å². The van der Waals surface area contributed by atoms with Crippen molar-refractivity contribution in [1.82, 2.24) is 4.90 Å². The lowest BCUT2D eigenvalue weighted by molar-refractivity contribution is -0.0199. The first-order valence-corrected chi connectivity index (χ1v) is 12.1. The topological polar surface area (TPSA) is 59.0 Å². The van der Waals surface area contributed by atoms with Gasteiger partial charge in [-0.15, -0.1) is 0 Å². The average Bonchev–Trinajstić information content (AvgIpc) is 2.91. The Labute approximate surface area is 209 Å². The molecule has 0 bridgehead atoms. The molecule has 0 radical (unpaired) electrons. The molecule has 5 rings (SSSR count). The Hall–Kier alpha value is -3.90. The monoisotopic (exact) mass is 485 g/mol. The standard InChI is InChI=1S/C30H28FNO4/c31-25-13-11-24(12-14-25)26-15-16-32(30(33)34)18-29(26)36-20-22-9-10-23-7-4-8-28(27(23)17-22)35-19-21-5-2-1-3-6-21/h1-14,17,26,29H,15-16,18-20H2,(H,33,34). The summed E-state index contributed by atoms with van der Waals surface area (Å²) in [6, 6.07) is 28.6. The van der Waals surface area contributed by atoms with Crippen molar-refractivity contribution in [2.75, 3.05) is 13.1 Å². The van der Waals surface area contributed by atoms with Crippen molar-refractivity contribution in [1.29, 1.82) is 0 Å². The zero-order valence-corrected chi connectivity index (χ0v) is 19.8. The molecule has 1 fully saturated rings. The van der Waals surface area contributed by atoms with Gasteiger partial charge in [0.1, 0.15) is 18.2 Å². The summed E-state index contributed by atoms with van der Waals surface area (Å²) in [5.41, 5.74) is 3.03. The molecular weight excluding hydrogens is 457 g/mol. The third kappa shape index (κ3) is 5.50. The Bertz CT molecular complexity index is 1330. The van der Waals surface area contributed by atoms with Crippen molar-refractivity contribution in [2.45, 2.75) is 31.7 Å². The number of halogens is 1. The summed E-state index contributed by atoms with van der Waals surface area (Å²) >= 11 is 0. The average molecular weight is 486 g/mol. The smallest absolute Gasteiger partial charge is 0.407 e. The lowest BCUT2D eigenvalue weighted by Gasteiger charge is -2.37. The first-order chi connectivity index (χ1) is 17.6. The molecule has 0 aromatic heterocycles. The predicted octanol–water partition coefficient (Wildman–Crippen LogP) is 6.61. The first-order valence-electron chi connectivity index (χ1n) is 12.1. The number of fused-ring (bicyclic) bond motifs is 1. The van der Waals surface area contributed by atoms with E-state index in [1.165, 1.54) is 17.0 Å². The molecule has 6 heteroatoms. The molecule has 36 heavy (non-hydrogen) atoms. The molecule has 1 aliphatic rings. The summed E-state index contributed by atoms with van der Waals surface area (Å²) in [6.45, 7) is 1.51. The van der Waals surface area contributed by atoms with Crippen LogP contribution in [-0.2, 0) is 18.0 Å². The number of benzene rings is 4. The molecule has 1 heterocycles. The maximum atomic E-state index is 13.5. The Morgan fingerprint density at radius 2 is 1.72 bits per heavy atom. The zero-order valence-electron chi connectivity index (χ0n) is 19.8. The van der Waals surface area contributed by atoms with E-state index in [2.05, 4.69) is 6.07 Å². The van der Waals surface area contributed by atoms with Crippen LogP contribution in [0.1, 0.15) is 29.0 Å². The van der Waals surface area contributed by atoms with E-state index in [0.29, 0.717) is 26.2 Å². The molecule has 0 aliphatic carbocycles. The van der Waals surface area contributed by atoms with Crippen LogP contribution < -0.4 is 4.74 Å². The Kier molecular flexibility index (Phi) is 7.14. The van der Waals surface area contributed by atoms with E-state index >= 15 is 0 Å². The predicted molar refractivity (Wildman–Crippen MR) is 137 cm³/mol. The van der Waals surface area contributed by atoms with E-state index in [1.807, 2.05) is 60.7 Å². The highest BCUT2D eigenvalue weighted by molar-refractivity contribution is 5.88.